The number of carbonyl (C=O) groups is 1. The number of rotatable bonds is 6. The van der Waals surface area contributed by atoms with Crippen molar-refractivity contribution >= 4 is 21.9 Å². The maximum Gasteiger partial charge on any atom is 0.339 e. The molecule has 0 spiro atoms. The first-order valence-electron chi connectivity index (χ1n) is 5.23. The van der Waals surface area contributed by atoms with Crippen LogP contribution in [0.2, 0.25) is 0 Å². The van der Waals surface area contributed by atoms with Crippen LogP contribution in [0.5, 0.6) is 5.75 Å². The monoisotopic (exact) mass is 302 g/mol. The molecule has 17 heavy (non-hydrogen) atoms. The molecule has 0 saturated carbocycles. The van der Waals surface area contributed by atoms with Crippen molar-refractivity contribution in [3.05, 3.63) is 29.8 Å². The number of carbonyl (C=O) groups excluding carboxylic acids is 1. The maximum absolute atomic E-state index is 11.2. The largest absolute Gasteiger partial charge is 0.494 e. The van der Waals surface area contributed by atoms with Crippen LogP contribution in [0.4, 0.5) is 0 Å². The second-order valence-electron chi connectivity index (χ2n) is 3.39. The van der Waals surface area contributed by atoms with Crippen LogP contribution in [0.15, 0.2) is 24.3 Å². The molecule has 0 heterocycles. The zero-order valence-electron chi connectivity index (χ0n) is 9.56. The number of hydrogen-bond donors (Lipinski definition) is 1. The van der Waals surface area contributed by atoms with Crippen molar-refractivity contribution in [1.29, 1.82) is 0 Å². The molecule has 5 heteroatoms. The van der Waals surface area contributed by atoms with Gasteiger partial charge in [0, 0.05) is 5.33 Å². The van der Waals surface area contributed by atoms with Gasteiger partial charge < -0.3 is 14.6 Å². The van der Waals surface area contributed by atoms with Gasteiger partial charge in [-0.15, -0.1) is 0 Å². The Morgan fingerprint density at radius 3 is 2.94 bits per heavy atom. The lowest BCUT2D eigenvalue weighted by molar-refractivity contribution is -0.150. The van der Waals surface area contributed by atoms with Gasteiger partial charge >= 0.3 is 5.97 Å². The Morgan fingerprint density at radius 1 is 1.53 bits per heavy atom. The molecule has 0 saturated heterocycles. The highest BCUT2D eigenvalue weighted by molar-refractivity contribution is 9.09. The van der Waals surface area contributed by atoms with Crippen molar-refractivity contribution in [2.75, 3.05) is 19.0 Å². The topological polar surface area (TPSA) is 55.8 Å². The number of hydrogen-bond acceptors (Lipinski definition) is 4. The third-order valence-corrected chi connectivity index (χ3v) is 2.71. The molecule has 0 aliphatic carbocycles. The molecular formula is C12H15BrO4. The summed E-state index contributed by atoms with van der Waals surface area (Å²) in [5.41, 5.74) is 0.466. The molecule has 4 nitrogen and oxygen atoms in total. The number of aliphatic hydroxyl groups excluding tert-OH is 1. The molecule has 0 aliphatic heterocycles. The fraction of sp³-hybridized carbons (Fsp3) is 0.417. The van der Waals surface area contributed by atoms with E-state index in [2.05, 4.69) is 20.7 Å². The van der Waals surface area contributed by atoms with Crippen molar-refractivity contribution in [3.8, 4) is 5.75 Å². The number of alkyl halides is 1. The molecule has 1 aromatic rings. The number of benzene rings is 1. The lowest BCUT2D eigenvalue weighted by atomic mass is 10.1. The summed E-state index contributed by atoms with van der Waals surface area (Å²) in [7, 11) is 1.24. The first kappa shape index (κ1) is 14.0. The van der Waals surface area contributed by atoms with E-state index in [1.807, 2.05) is 0 Å². The van der Waals surface area contributed by atoms with Crippen LogP contribution in [-0.4, -0.2) is 30.1 Å². The Hall–Kier alpha value is -1.07. The second-order valence-corrected chi connectivity index (χ2v) is 4.18. The number of aliphatic hydroxyl groups is 1. The zero-order valence-corrected chi connectivity index (χ0v) is 11.1. The minimum Gasteiger partial charge on any atom is -0.494 e. The molecule has 1 rings (SSSR count). The fourth-order valence-corrected chi connectivity index (χ4v) is 1.50. The minimum absolute atomic E-state index is 0.466. The van der Waals surface area contributed by atoms with E-state index in [1.54, 1.807) is 24.3 Å². The van der Waals surface area contributed by atoms with Gasteiger partial charge in [-0.25, -0.2) is 4.79 Å². The molecule has 1 N–H and O–H groups in total. The van der Waals surface area contributed by atoms with Crippen LogP contribution < -0.4 is 4.74 Å². The van der Waals surface area contributed by atoms with Gasteiger partial charge in [0.2, 0.25) is 0 Å². The molecule has 1 aromatic carbocycles. The summed E-state index contributed by atoms with van der Waals surface area (Å²) in [5.74, 6) is -0.0472. The van der Waals surface area contributed by atoms with Crippen LogP contribution in [0.1, 0.15) is 18.1 Å². The number of ether oxygens (including phenoxy) is 2. The summed E-state index contributed by atoms with van der Waals surface area (Å²) in [6.45, 7) is 0.586. The maximum atomic E-state index is 11.2. The SMILES string of the molecule is COC(=O)[C@H](O)c1cccc(OCCCBr)c1. The van der Waals surface area contributed by atoms with Crippen molar-refractivity contribution in [3.63, 3.8) is 0 Å². The van der Waals surface area contributed by atoms with Crippen molar-refractivity contribution in [2.45, 2.75) is 12.5 Å². The molecule has 0 fully saturated rings. The molecule has 0 bridgehead atoms. The zero-order chi connectivity index (χ0) is 12.7. The Balaban J connectivity index is 2.68. The van der Waals surface area contributed by atoms with Crippen LogP contribution in [0, 0.1) is 0 Å². The summed E-state index contributed by atoms with van der Waals surface area (Å²) in [6.07, 6.45) is -0.372. The number of esters is 1. The van der Waals surface area contributed by atoms with Crippen LogP contribution in [0.25, 0.3) is 0 Å². The Kier molecular flexibility index (Phi) is 6.00. The van der Waals surface area contributed by atoms with Gasteiger partial charge in [-0.2, -0.15) is 0 Å². The quantitative estimate of drug-likeness (QED) is 0.496. The number of methoxy groups -OCH3 is 1. The summed E-state index contributed by atoms with van der Waals surface area (Å²) < 4.78 is 9.93. The van der Waals surface area contributed by atoms with E-state index in [0.717, 1.165) is 11.8 Å². The van der Waals surface area contributed by atoms with E-state index in [9.17, 15) is 9.90 Å². The second kappa shape index (κ2) is 7.29. The molecule has 1 atom stereocenters. The molecule has 0 radical (unpaired) electrons. The lowest BCUT2D eigenvalue weighted by Gasteiger charge is -2.10. The highest BCUT2D eigenvalue weighted by atomic mass is 79.9. The van der Waals surface area contributed by atoms with Crippen LogP contribution >= 0.6 is 15.9 Å². The average molecular weight is 303 g/mol. The highest BCUT2D eigenvalue weighted by Crippen LogP contribution is 2.20. The van der Waals surface area contributed by atoms with Crippen molar-refractivity contribution in [1.82, 2.24) is 0 Å². The Labute approximate surface area is 109 Å². The van der Waals surface area contributed by atoms with Gasteiger partial charge in [-0.05, 0) is 24.1 Å². The van der Waals surface area contributed by atoms with Crippen LogP contribution in [0.3, 0.4) is 0 Å². The van der Waals surface area contributed by atoms with Crippen LogP contribution in [-0.2, 0) is 9.53 Å². The minimum atomic E-state index is -1.26. The average Bonchev–Trinajstić information content (AvgIpc) is 2.37. The van der Waals surface area contributed by atoms with Gasteiger partial charge in [0.25, 0.3) is 0 Å². The summed E-state index contributed by atoms with van der Waals surface area (Å²) >= 11 is 3.31. The standard InChI is InChI=1S/C12H15BrO4/c1-16-12(15)11(14)9-4-2-5-10(8-9)17-7-3-6-13/h2,4-5,8,11,14H,3,6-7H2,1H3/t11-/m1/s1. The molecule has 0 aromatic heterocycles. The summed E-state index contributed by atoms with van der Waals surface area (Å²) in [6, 6.07) is 6.79. The smallest absolute Gasteiger partial charge is 0.339 e. The van der Waals surface area contributed by atoms with Crippen molar-refractivity contribution < 1.29 is 19.4 Å². The predicted molar refractivity (Wildman–Crippen MR) is 67.3 cm³/mol. The van der Waals surface area contributed by atoms with E-state index in [4.69, 9.17) is 4.74 Å². The Morgan fingerprint density at radius 2 is 2.29 bits per heavy atom. The van der Waals surface area contributed by atoms with Gasteiger partial charge in [-0.3, -0.25) is 0 Å². The number of halogens is 1. The summed E-state index contributed by atoms with van der Waals surface area (Å²) in [5, 5.41) is 10.5. The van der Waals surface area contributed by atoms with E-state index < -0.39 is 12.1 Å². The van der Waals surface area contributed by atoms with Gasteiger partial charge in [0.15, 0.2) is 6.10 Å². The molecule has 0 amide bonds. The third-order valence-electron chi connectivity index (χ3n) is 2.14. The van der Waals surface area contributed by atoms with E-state index in [-0.39, 0.29) is 0 Å². The van der Waals surface area contributed by atoms with E-state index in [0.29, 0.717) is 17.9 Å². The molecular weight excluding hydrogens is 288 g/mol. The molecule has 94 valence electrons. The molecule has 0 unspecified atom stereocenters. The first-order chi connectivity index (χ1) is 8.19. The lowest BCUT2D eigenvalue weighted by Crippen LogP contribution is -2.13. The van der Waals surface area contributed by atoms with Gasteiger partial charge in [0.1, 0.15) is 5.75 Å². The van der Waals surface area contributed by atoms with E-state index >= 15 is 0 Å². The van der Waals surface area contributed by atoms with Gasteiger partial charge in [-0.1, -0.05) is 28.1 Å². The summed E-state index contributed by atoms with van der Waals surface area (Å²) in [4.78, 5) is 11.2. The fourth-order valence-electron chi connectivity index (χ4n) is 1.27. The third kappa shape index (κ3) is 4.36. The van der Waals surface area contributed by atoms with Gasteiger partial charge in [0.05, 0.1) is 13.7 Å². The first-order valence-corrected chi connectivity index (χ1v) is 6.35. The van der Waals surface area contributed by atoms with E-state index in [1.165, 1.54) is 7.11 Å². The predicted octanol–water partition coefficient (Wildman–Crippen LogP) is 2.06. The normalized spacial score (nSPS) is 11.9. The Bertz CT molecular complexity index is 367. The van der Waals surface area contributed by atoms with Crippen molar-refractivity contribution in [2.24, 2.45) is 0 Å². The molecule has 0 aliphatic rings. The highest BCUT2D eigenvalue weighted by Gasteiger charge is 2.17.